The lowest BCUT2D eigenvalue weighted by Crippen LogP contribution is -2.30. The van der Waals surface area contributed by atoms with Crippen LogP contribution >= 0.6 is 11.6 Å². The maximum absolute atomic E-state index is 11.4. The number of benzene rings is 1. The van der Waals surface area contributed by atoms with Gasteiger partial charge in [0.25, 0.3) is 5.91 Å². The number of hydrogen-bond donors (Lipinski definition) is 1. The number of rotatable bonds is 5. The van der Waals surface area contributed by atoms with Crippen LogP contribution in [0.15, 0.2) is 36.4 Å². The van der Waals surface area contributed by atoms with E-state index < -0.39 is 11.9 Å². The van der Waals surface area contributed by atoms with Gasteiger partial charge in [0.05, 0.1) is 0 Å². The molecule has 108 valence electrons. The zero-order chi connectivity index (χ0) is 15.0. The maximum Gasteiger partial charge on any atom is 0.355 e. The second kappa shape index (κ2) is 8.22. The molecule has 0 aliphatic rings. The minimum Gasteiger partial charge on any atom is -0.484 e. The van der Waals surface area contributed by atoms with E-state index in [4.69, 9.17) is 16.3 Å². The molecule has 0 saturated carbocycles. The van der Waals surface area contributed by atoms with Crippen LogP contribution < -0.4 is 10.2 Å². The first kappa shape index (κ1) is 16.0. The summed E-state index contributed by atoms with van der Waals surface area (Å²) in [6.07, 6.45) is 2.92. The Kier molecular flexibility index (Phi) is 6.59. The Hall–Kier alpha value is -2.01. The third-order valence-corrected chi connectivity index (χ3v) is 2.32. The predicted octanol–water partition coefficient (Wildman–Crippen LogP) is 2.51. The van der Waals surface area contributed by atoms with Gasteiger partial charge in [-0.25, -0.2) is 4.79 Å². The maximum atomic E-state index is 11.4. The lowest BCUT2D eigenvalue weighted by Gasteiger charge is -2.06. The number of hydrogen-bond acceptors (Lipinski definition) is 4. The van der Waals surface area contributed by atoms with Crippen molar-refractivity contribution in [2.75, 3.05) is 6.61 Å². The molecular formula is C14H16ClNO4. The fraction of sp³-hybridized carbons (Fsp3) is 0.286. The summed E-state index contributed by atoms with van der Waals surface area (Å²) < 4.78 is 5.17. The average molecular weight is 298 g/mol. The molecule has 0 heterocycles. The highest BCUT2D eigenvalue weighted by molar-refractivity contribution is 6.30. The van der Waals surface area contributed by atoms with Crippen molar-refractivity contribution in [2.24, 2.45) is 5.92 Å². The first-order valence-electron chi connectivity index (χ1n) is 6.03. The van der Waals surface area contributed by atoms with Gasteiger partial charge in [-0.15, -0.1) is 0 Å². The van der Waals surface area contributed by atoms with E-state index in [2.05, 4.69) is 4.84 Å². The molecule has 6 heteroatoms. The zero-order valence-electron chi connectivity index (χ0n) is 11.3. The van der Waals surface area contributed by atoms with Gasteiger partial charge in [0, 0.05) is 11.1 Å². The Labute approximate surface area is 122 Å². The molecule has 0 atom stereocenters. The summed E-state index contributed by atoms with van der Waals surface area (Å²) in [6, 6.07) is 6.55. The van der Waals surface area contributed by atoms with Crippen LogP contribution in [0.4, 0.5) is 0 Å². The van der Waals surface area contributed by atoms with Gasteiger partial charge >= 0.3 is 5.97 Å². The van der Waals surface area contributed by atoms with Gasteiger partial charge in [-0.05, 0) is 30.2 Å². The summed E-state index contributed by atoms with van der Waals surface area (Å²) in [5.41, 5.74) is 2.00. The van der Waals surface area contributed by atoms with Gasteiger partial charge in [-0.2, -0.15) is 5.48 Å². The lowest BCUT2D eigenvalue weighted by molar-refractivity contribution is -0.154. The molecule has 20 heavy (non-hydrogen) atoms. The molecule has 0 radical (unpaired) electrons. The standard InChI is InChI=1S/C14H16ClNO4/c1-10(2)3-8-14(18)20-16-13(17)9-19-12-6-4-11(15)5-7-12/h3-8,10H,9H2,1-2H3,(H,16,17)/b8-3+. The van der Waals surface area contributed by atoms with Crippen molar-refractivity contribution in [1.29, 1.82) is 0 Å². The normalized spacial score (nSPS) is 10.6. The summed E-state index contributed by atoms with van der Waals surface area (Å²) in [6.45, 7) is 3.58. The van der Waals surface area contributed by atoms with E-state index in [1.807, 2.05) is 19.3 Å². The van der Waals surface area contributed by atoms with Crippen molar-refractivity contribution < 1.29 is 19.2 Å². The number of halogens is 1. The second-order valence-corrected chi connectivity index (χ2v) is 4.73. The minimum atomic E-state index is -0.640. The fourth-order valence-corrected chi connectivity index (χ4v) is 1.25. The molecule has 1 N–H and O–H groups in total. The van der Waals surface area contributed by atoms with Gasteiger partial charge < -0.3 is 9.57 Å². The van der Waals surface area contributed by atoms with Gasteiger partial charge in [-0.3, -0.25) is 4.79 Å². The van der Waals surface area contributed by atoms with E-state index in [1.54, 1.807) is 30.3 Å². The second-order valence-electron chi connectivity index (χ2n) is 4.29. The van der Waals surface area contributed by atoms with Crippen LogP contribution in [0, 0.1) is 5.92 Å². The van der Waals surface area contributed by atoms with E-state index in [-0.39, 0.29) is 12.5 Å². The third-order valence-electron chi connectivity index (χ3n) is 2.07. The molecule has 0 unspecified atom stereocenters. The Morgan fingerprint density at radius 3 is 2.55 bits per heavy atom. The average Bonchev–Trinajstić information content (AvgIpc) is 2.42. The fourth-order valence-electron chi connectivity index (χ4n) is 1.12. The largest absolute Gasteiger partial charge is 0.484 e. The smallest absolute Gasteiger partial charge is 0.355 e. The van der Waals surface area contributed by atoms with Crippen LogP contribution in [-0.4, -0.2) is 18.5 Å². The van der Waals surface area contributed by atoms with Crippen LogP contribution in [-0.2, 0) is 14.4 Å². The molecule has 1 rings (SSSR count). The van der Waals surface area contributed by atoms with Crippen molar-refractivity contribution >= 4 is 23.5 Å². The molecule has 1 aromatic carbocycles. The van der Waals surface area contributed by atoms with Crippen LogP contribution in [0.25, 0.3) is 0 Å². The van der Waals surface area contributed by atoms with E-state index in [0.29, 0.717) is 10.8 Å². The Bertz CT molecular complexity index is 482. The molecule has 0 aliphatic carbocycles. The van der Waals surface area contributed by atoms with E-state index in [9.17, 15) is 9.59 Å². The SMILES string of the molecule is CC(C)/C=C/C(=O)ONC(=O)COc1ccc(Cl)cc1. The Morgan fingerprint density at radius 1 is 1.30 bits per heavy atom. The molecule has 0 spiro atoms. The molecule has 1 amide bonds. The molecule has 5 nitrogen and oxygen atoms in total. The number of carbonyl (C=O) groups excluding carboxylic acids is 2. The number of nitrogens with one attached hydrogen (secondary N) is 1. The predicted molar refractivity (Wildman–Crippen MR) is 75.2 cm³/mol. The minimum absolute atomic E-state index is 0.228. The van der Waals surface area contributed by atoms with E-state index in [1.165, 1.54) is 6.08 Å². The van der Waals surface area contributed by atoms with Crippen LogP contribution in [0.5, 0.6) is 5.75 Å². The number of hydroxylamine groups is 1. The highest BCUT2D eigenvalue weighted by atomic mass is 35.5. The summed E-state index contributed by atoms with van der Waals surface area (Å²) in [5.74, 6) is -0.480. The van der Waals surface area contributed by atoms with Crippen LogP contribution in [0.3, 0.4) is 0 Å². The summed E-state index contributed by atoms with van der Waals surface area (Å²) in [5, 5.41) is 0.577. The molecule has 0 bridgehead atoms. The molecule has 1 aromatic rings. The van der Waals surface area contributed by atoms with Crippen LogP contribution in [0.2, 0.25) is 5.02 Å². The number of ether oxygens (including phenoxy) is 1. The van der Waals surface area contributed by atoms with Crippen molar-refractivity contribution in [3.8, 4) is 5.75 Å². The zero-order valence-corrected chi connectivity index (χ0v) is 12.0. The third kappa shape index (κ3) is 6.80. The van der Waals surface area contributed by atoms with Gasteiger partial charge in [0.2, 0.25) is 0 Å². The lowest BCUT2D eigenvalue weighted by atomic mass is 10.2. The monoisotopic (exact) mass is 297 g/mol. The topological polar surface area (TPSA) is 64.6 Å². The number of allylic oxidation sites excluding steroid dienone is 1. The van der Waals surface area contributed by atoms with Crippen molar-refractivity contribution in [3.63, 3.8) is 0 Å². The molecule has 0 fully saturated rings. The first-order valence-corrected chi connectivity index (χ1v) is 6.41. The Balaban J connectivity index is 2.27. The molecular weight excluding hydrogens is 282 g/mol. The van der Waals surface area contributed by atoms with E-state index in [0.717, 1.165) is 0 Å². The number of amides is 1. The van der Waals surface area contributed by atoms with Crippen molar-refractivity contribution in [2.45, 2.75) is 13.8 Å². The van der Waals surface area contributed by atoms with E-state index >= 15 is 0 Å². The summed E-state index contributed by atoms with van der Waals surface area (Å²) in [7, 11) is 0. The van der Waals surface area contributed by atoms with Gasteiger partial charge in [-0.1, -0.05) is 31.5 Å². The molecule has 0 aromatic heterocycles. The van der Waals surface area contributed by atoms with Crippen molar-refractivity contribution in [3.05, 3.63) is 41.4 Å². The molecule has 0 saturated heterocycles. The molecule has 0 aliphatic heterocycles. The first-order chi connectivity index (χ1) is 9.47. The van der Waals surface area contributed by atoms with Crippen molar-refractivity contribution in [1.82, 2.24) is 5.48 Å². The van der Waals surface area contributed by atoms with Gasteiger partial charge in [0.15, 0.2) is 6.61 Å². The van der Waals surface area contributed by atoms with Crippen LogP contribution in [0.1, 0.15) is 13.8 Å². The Morgan fingerprint density at radius 2 is 1.95 bits per heavy atom. The quantitative estimate of drug-likeness (QED) is 0.670. The summed E-state index contributed by atoms with van der Waals surface area (Å²) in [4.78, 5) is 27.1. The number of carbonyl (C=O) groups is 2. The highest BCUT2D eigenvalue weighted by Crippen LogP contribution is 2.15. The summed E-state index contributed by atoms with van der Waals surface area (Å²) >= 11 is 5.71. The highest BCUT2D eigenvalue weighted by Gasteiger charge is 2.05. The van der Waals surface area contributed by atoms with Gasteiger partial charge in [0.1, 0.15) is 5.75 Å².